The van der Waals surface area contributed by atoms with Crippen LogP contribution in [0.4, 0.5) is 0 Å². The first-order valence-corrected chi connectivity index (χ1v) is 9.94. The smallest absolute Gasteiger partial charge is 0.0226 e. The van der Waals surface area contributed by atoms with Gasteiger partial charge in [0.05, 0.1) is 0 Å². The van der Waals surface area contributed by atoms with Gasteiger partial charge in [0.1, 0.15) is 0 Å². The van der Waals surface area contributed by atoms with E-state index in [1.54, 1.807) is 0 Å². The summed E-state index contributed by atoms with van der Waals surface area (Å²) in [7, 11) is 0. The van der Waals surface area contributed by atoms with Crippen LogP contribution in [0.3, 0.4) is 0 Å². The van der Waals surface area contributed by atoms with Gasteiger partial charge in [0.25, 0.3) is 0 Å². The predicted octanol–water partition coefficient (Wildman–Crippen LogP) is 6.59. The highest BCUT2D eigenvalue weighted by Crippen LogP contribution is 2.33. The van der Waals surface area contributed by atoms with Crippen LogP contribution in [0.1, 0.15) is 67.2 Å². The van der Waals surface area contributed by atoms with Gasteiger partial charge in [-0.2, -0.15) is 25.3 Å². The highest BCUT2D eigenvalue weighted by Gasteiger charge is 2.23. The first-order chi connectivity index (χ1) is 10.2. The van der Waals surface area contributed by atoms with Crippen LogP contribution >= 0.6 is 25.3 Å². The lowest BCUT2D eigenvalue weighted by atomic mass is 9.82. The molecule has 2 aliphatic rings. The average Bonchev–Trinajstić information content (AvgIpc) is 2.41. The van der Waals surface area contributed by atoms with Crippen LogP contribution in [-0.4, -0.2) is 10.5 Å². The van der Waals surface area contributed by atoms with Crippen LogP contribution in [0.2, 0.25) is 0 Å². The van der Waals surface area contributed by atoms with Crippen LogP contribution in [-0.2, 0) is 0 Å². The molecule has 128 valence electrons. The van der Waals surface area contributed by atoms with Gasteiger partial charge < -0.3 is 0 Å². The highest BCUT2D eigenvalue weighted by atomic mass is 32.1. The maximum Gasteiger partial charge on any atom is 0.0226 e. The lowest BCUT2D eigenvalue weighted by Gasteiger charge is -2.29. The van der Waals surface area contributed by atoms with Gasteiger partial charge in [0.2, 0.25) is 0 Å². The molecule has 2 heteroatoms. The van der Waals surface area contributed by atoms with Gasteiger partial charge in [-0.05, 0) is 63.2 Å². The second-order valence-electron chi connectivity index (χ2n) is 7.90. The van der Waals surface area contributed by atoms with E-state index < -0.39 is 0 Å². The minimum absolute atomic E-state index is 0.524. The van der Waals surface area contributed by atoms with Crippen molar-refractivity contribution in [2.75, 3.05) is 0 Å². The summed E-state index contributed by atoms with van der Waals surface area (Å²) in [6, 6.07) is 0. The number of hydrogen-bond donors (Lipinski definition) is 2. The molecule has 0 amide bonds. The zero-order valence-electron chi connectivity index (χ0n) is 15.3. The molecule has 0 bridgehead atoms. The molecule has 0 aromatic heterocycles. The monoisotopic (exact) mass is 340 g/mol. The highest BCUT2D eigenvalue weighted by molar-refractivity contribution is 7.81. The Balaban J connectivity index is 0.000000220. The molecule has 0 nitrogen and oxygen atoms in total. The number of allylic oxidation sites excluding steroid dienone is 3. The van der Waals surface area contributed by atoms with E-state index in [1.807, 2.05) is 0 Å². The van der Waals surface area contributed by atoms with Gasteiger partial charge in [0, 0.05) is 10.5 Å². The number of thiol groups is 2. The minimum Gasteiger partial charge on any atom is -0.175 e. The molecule has 0 aliphatic heterocycles. The van der Waals surface area contributed by atoms with E-state index in [0.29, 0.717) is 10.5 Å². The van der Waals surface area contributed by atoms with Crippen molar-refractivity contribution < 1.29 is 0 Å². The number of hydrogen-bond acceptors (Lipinski definition) is 2. The Kier molecular flexibility index (Phi) is 8.71. The maximum atomic E-state index is 4.61. The first-order valence-electron chi connectivity index (χ1n) is 8.90. The molecule has 0 saturated carbocycles. The van der Waals surface area contributed by atoms with Crippen molar-refractivity contribution >= 4 is 25.3 Å². The Bertz CT molecular complexity index is 393. The van der Waals surface area contributed by atoms with Gasteiger partial charge in [-0.15, -0.1) is 0 Å². The van der Waals surface area contributed by atoms with Crippen LogP contribution in [0.25, 0.3) is 0 Å². The molecule has 0 radical (unpaired) electrons. The van der Waals surface area contributed by atoms with Crippen molar-refractivity contribution in [2.24, 2.45) is 23.7 Å². The second-order valence-corrected chi connectivity index (χ2v) is 9.19. The van der Waals surface area contributed by atoms with E-state index in [1.165, 1.54) is 36.8 Å². The zero-order valence-corrected chi connectivity index (χ0v) is 17.1. The van der Waals surface area contributed by atoms with Crippen molar-refractivity contribution in [3.8, 4) is 0 Å². The second kappa shape index (κ2) is 9.47. The van der Waals surface area contributed by atoms with E-state index in [4.69, 9.17) is 0 Å². The van der Waals surface area contributed by atoms with Crippen molar-refractivity contribution in [2.45, 2.75) is 77.7 Å². The molecular weight excluding hydrogens is 304 g/mol. The van der Waals surface area contributed by atoms with Crippen LogP contribution < -0.4 is 0 Å². The first kappa shape index (κ1) is 20.2. The summed E-state index contributed by atoms with van der Waals surface area (Å²) in [5.74, 6) is 3.25. The van der Waals surface area contributed by atoms with Crippen molar-refractivity contribution in [3.63, 3.8) is 0 Å². The van der Waals surface area contributed by atoms with Crippen molar-refractivity contribution in [3.05, 3.63) is 23.3 Å². The van der Waals surface area contributed by atoms with Crippen molar-refractivity contribution in [1.82, 2.24) is 0 Å². The third-order valence-corrected chi connectivity index (χ3v) is 6.54. The standard InChI is InChI=1S/2C10H18S/c1-7(2)9-5-4-8(3)10(11)6-9;1-7(2)9-5-4-8(3)6-10(9)11/h2*4,7,9-11H,5-6H2,1-3H3. The Morgan fingerprint density at radius 1 is 0.955 bits per heavy atom. The normalized spacial score (nSPS) is 32.3. The summed E-state index contributed by atoms with van der Waals surface area (Å²) in [5.41, 5.74) is 2.98. The largest absolute Gasteiger partial charge is 0.175 e. The predicted molar refractivity (Wildman–Crippen MR) is 108 cm³/mol. The summed E-state index contributed by atoms with van der Waals surface area (Å²) < 4.78 is 0. The molecule has 0 saturated heterocycles. The topological polar surface area (TPSA) is 0 Å². The van der Waals surface area contributed by atoms with Crippen LogP contribution in [0.15, 0.2) is 23.3 Å². The summed E-state index contributed by atoms with van der Waals surface area (Å²) in [6.07, 6.45) is 9.68. The summed E-state index contributed by atoms with van der Waals surface area (Å²) in [4.78, 5) is 0. The molecule has 0 aromatic rings. The summed E-state index contributed by atoms with van der Waals surface area (Å²) >= 11 is 9.16. The van der Waals surface area contributed by atoms with Gasteiger partial charge in [0.15, 0.2) is 0 Å². The number of rotatable bonds is 2. The third-order valence-electron chi connectivity index (χ3n) is 5.36. The fourth-order valence-corrected chi connectivity index (χ4v) is 4.49. The molecule has 0 aromatic carbocycles. The van der Waals surface area contributed by atoms with Crippen LogP contribution in [0, 0.1) is 23.7 Å². The Hall–Kier alpha value is 0.180. The quantitative estimate of drug-likeness (QED) is 0.411. The van der Waals surface area contributed by atoms with Gasteiger partial charge in [-0.25, -0.2) is 0 Å². The zero-order chi connectivity index (χ0) is 16.9. The molecule has 0 spiro atoms. The molecule has 2 rings (SSSR count). The molecular formula is C20H36S2. The van der Waals surface area contributed by atoms with Crippen LogP contribution in [0.5, 0.6) is 0 Å². The molecule has 0 N–H and O–H groups in total. The van der Waals surface area contributed by atoms with Gasteiger partial charge >= 0.3 is 0 Å². The Labute approximate surface area is 150 Å². The SMILES string of the molecule is CC1=CCC(C(C)C)C(S)C1.CC1=CCC(C(C)C)CC1S. The minimum atomic E-state index is 0.524. The van der Waals surface area contributed by atoms with E-state index in [-0.39, 0.29) is 0 Å². The fraction of sp³-hybridized carbons (Fsp3) is 0.800. The average molecular weight is 341 g/mol. The molecule has 2 aliphatic carbocycles. The van der Waals surface area contributed by atoms with Gasteiger partial charge in [-0.1, -0.05) is 51.0 Å². The Morgan fingerprint density at radius 2 is 1.59 bits per heavy atom. The molecule has 0 heterocycles. The van der Waals surface area contributed by atoms with E-state index in [0.717, 1.165) is 23.7 Å². The summed E-state index contributed by atoms with van der Waals surface area (Å²) in [5, 5.41) is 1.12. The van der Waals surface area contributed by atoms with E-state index in [9.17, 15) is 0 Å². The maximum absolute atomic E-state index is 4.61. The van der Waals surface area contributed by atoms with E-state index in [2.05, 4.69) is 79.0 Å². The lowest BCUT2D eigenvalue weighted by Crippen LogP contribution is -2.23. The lowest BCUT2D eigenvalue weighted by molar-refractivity contribution is 0.355. The Morgan fingerprint density at radius 3 is 2.05 bits per heavy atom. The molecule has 0 fully saturated rings. The summed E-state index contributed by atoms with van der Waals surface area (Å²) in [6.45, 7) is 13.6. The van der Waals surface area contributed by atoms with E-state index >= 15 is 0 Å². The molecule has 4 atom stereocenters. The molecule has 22 heavy (non-hydrogen) atoms. The fourth-order valence-electron chi connectivity index (χ4n) is 3.36. The third kappa shape index (κ3) is 6.35. The molecule has 4 unspecified atom stereocenters. The van der Waals surface area contributed by atoms with Crippen molar-refractivity contribution in [1.29, 1.82) is 0 Å². The van der Waals surface area contributed by atoms with Gasteiger partial charge in [-0.3, -0.25) is 0 Å².